The highest BCUT2D eigenvalue weighted by Crippen LogP contribution is 2.29. The molecule has 8 heteroatoms. The first-order valence-electron chi connectivity index (χ1n) is 8.21. The average Bonchev–Trinajstić information content (AvgIpc) is 3.00. The fourth-order valence-electron chi connectivity index (χ4n) is 2.10. The number of benzene rings is 1. The summed E-state index contributed by atoms with van der Waals surface area (Å²) < 4.78 is 11.2. The second kappa shape index (κ2) is 9.68. The Bertz CT molecular complexity index is 776. The van der Waals surface area contributed by atoms with Gasteiger partial charge in [-0.25, -0.2) is 4.98 Å². The van der Waals surface area contributed by atoms with Crippen LogP contribution < -0.4 is 10.1 Å². The SMILES string of the molecule is CCOC(=O)Cc1csc(NC(=O)COc2ccc(C(C)C)cc2Br)n1. The largest absolute Gasteiger partial charge is 0.483 e. The van der Waals surface area contributed by atoms with E-state index in [1.165, 1.54) is 16.9 Å². The molecule has 6 nitrogen and oxygen atoms in total. The minimum absolute atomic E-state index is 0.0891. The van der Waals surface area contributed by atoms with Crippen LogP contribution in [0.3, 0.4) is 0 Å². The van der Waals surface area contributed by atoms with Gasteiger partial charge in [0, 0.05) is 5.38 Å². The van der Waals surface area contributed by atoms with Crippen LogP contribution in [0.15, 0.2) is 28.1 Å². The Kier molecular flexibility index (Phi) is 7.59. The molecule has 1 amide bonds. The van der Waals surface area contributed by atoms with Gasteiger partial charge in [0.1, 0.15) is 5.75 Å². The van der Waals surface area contributed by atoms with Crippen molar-refractivity contribution in [3.63, 3.8) is 0 Å². The molecule has 0 unspecified atom stereocenters. The fraction of sp³-hybridized carbons (Fsp3) is 0.389. The summed E-state index contributed by atoms with van der Waals surface area (Å²) in [6, 6.07) is 5.80. The summed E-state index contributed by atoms with van der Waals surface area (Å²) in [5.41, 5.74) is 1.75. The molecule has 0 saturated carbocycles. The maximum atomic E-state index is 12.0. The van der Waals surface area contributed by atoms with Crippen molar-refractivity contribution in [3.8, 4) is 5.75 Å². The van der Waals surface area contributed by atoms with Gasteiger partial charge in [0.2, 0.25) is 0 Å². The van der Waals surface area contributed by atoms with E-state index in [0.717, 1.165) is 4.47 Å². The zero-order valence-electron chi connectivity index (χ0n) is 14.9. The Morgan fingerprint density at radius 3 is 2.77 bits per heavy atom. The van der Waals surface area contributed by atoms with Crippen molar-refractivity contribution in [1.82, 2.24) is 4.98 Å². The third kappa shape index (κ3) is 6.10. The number of thiazole rings is 1. The zero-order valence-corrected chi connectivity index (χ0v) is 17.3. The van der Waals surface area contributed by atoms with E-state index in [4.69, 9.17) is 9.47 Å². The molecule has 1 aromatic heterocycles. The number of carbonyl (C=O) groups is 2. The van der Waals surface area contributed by atoms with Crippen LogP contribution >= 0.6 is 27.3 Å². The molecule has 0 radical (unpaired) electrons. The highest BCUT2D eigenvalue weighted by Gasteiger charge is 2.12. The van der Waals surface area contributed by atoms with E-state index in [1.54, 1.807) is 12.3 Å². The van der Waals surface area contributed by atoms with Gasteiger partial charge in [-0.05, 0) is 46.5 Å². The smallest absolute Gasteiger partial charge is 0.311 e. The van der Waals surface area contributed by atoms with Crippen LogP contribution in [-0.4, -0.2) is 30.1 Å². The predicted octanol–water partition coefficient (Wildman–Crippen LogP) is 4.15. The molecule has 0 spiro atoms. The Morgan fingerprint density at radius 2 is 2.12 bits per heavy atom. The number of halogens is 1. The van der Waals surface area contributed by atoms with Crippen molar-refractivity contribution in [2.45, 2.75) is 33.1 Å². The Morgan fingerprint density at radius 1 is 1.35 bits per heavy atom. The highest BCUT2D eigenvalue weighted by atomic mass is 79.9. The second-order valence-corrected chi connectivity index (χ2v) is 7.52. The van der Waals surface area contributed by atoms with Crippen LogP contribution in [0.4, 0.5) is 5.13 Å². The molecule has 2 aromatic rings. The van der Waals surface area contributed by atoms with E-state index in [9.17, 15) is 9.59 Å². The van der Waals surface area contributed by atoms with Crippen molar-refractivity contribution in [2.24, 2.45) is 0 Å². The molecule has 0 atom stereocenters. The van der Waals surface area contributed by atoms with Crippen LogP contribution in [0.25, 0.3) is 0 Å². The van der Waals surface area contributed by atoms with E-state index in [1.807, 2.05) is 18.2 Å². The quantitative estimate of drug-likeness (QED) is 0.623. The first-order chi connectivity index (χ1) is 12.4. The molecule has 1 heterocycles. The first-order valence-corrected chi connectivity index (χ1v) is 9.88. The lowest BCUT2D eigenvalue weighted by Gasteiger charge is -2.11. The number of anilines is 1. The number of esters is 1. The van der Waals surface area contributed by atoms with Gasteiger partial charge in [-0.1, -0.05) is 19.9 Å². The van der Waals surface area contributed by atoms with E-state index in [-0.39, 0.29) is 24.9 Å². The molecule has 0 aliphatic heterocycles. The number of ether oxygens (including phenoxy) is 2. The Hall–Kier alpha value is -1.93. The lowest BCUT2D eigenvalue weighted by Crippen LogP contribution is -2.20. The summed E-state index contributed by atoms with van der Waals surface area (Å²) in [7, 11) is 0. The second-order valence-electron chi connectivity index (χ2n) is 5.81. The number of rotatable bonds is 8. The standard InChI is InChI=1S/C18H21BrN2O4S/c1-4-24-17(23)8-13-10-26-18(20-13)21-16(22)9-25-15-6-5-12(11(2)3)7-14(15)19/h5-7,10-11H,4,8-9H2,1-3H3,(H,20,21,22). The molecular formula is C18H21BrN2O4S. The van der Waals surface area contributed by atoms with E-state index in [0.29, 0.717) is 29.1 Å². The molecule has 0 aliphatic carbocycles. The molecule has 26 heavy (non-hydrogen) atoms. The van der Waals surface area contributed by atoms with Gasteiger partial charge in [0.05, 0.1) is 23.2 Å². The molecule has 1 N–H and O–H groups in total. The molecule has 0 saturated heterocycles. The summed E-state index contributed by atoms with van der Waals surface area (Å²) in [5.74, 6) is 0.361. The summed E-state index contributed by atoms with van der Waals surface area (Å²) in [5, 5.41) is 4.80. The monoisotopic (exact) mass is 440 g/mol. The number of nitrogens with zero attached hydrogens (tertiary/aromatic N) is 1. The normalized spacial score (nSPS) is 10.7. The topological polar surface area (TPSA) is 77.5 Å². The van der Waals surface area contributed by atoms with E-state index >= 15 is 0 Å². The van der Waals surface area contributed by atoms with Gasteiger partial charge in [0.25, 0.3) is 5.91 Å². The summed E-state index contributed by atoms with van der Waals surface area (Å²) in [4.78, 5) is 27.7. The number of aromatic nitrogens is 1. The van der Waals surface area contributed by atoms with E-state index < -0.39 is 0 Å². The van der Waals surface area contributed by atoms with Crippen molar-refractivity contribution >= 4 is 44.3 Å². The van der Waals surface area contributed by atoms with Gasteiger partial charge >= 0.3 is 5.97 Å². The molecule has 0 bridgehead atoms. The summed E-state index contributed by atoms with van der Waals surface area (Å²) >= 11 is 4.71. The molecular weight excluding hydrogens is 420 g/mol. The van der Waals surface area contributed by atoms with E-state index in [2.05, 4.69) is 40.1 Å². The molecule has 140 valence electrons. The maximum Gasteiger partial charge on any atom is 0.311 e. The Labute approximate surface area is 165 Å². The summed E-state index contributed by atoms with van der Waals surface area (Å²) in [6.45, 7) is 6.17. The van der Waals surface area contributed by atoms with Gasteiger partial charge in [-0.15, -0.1) is 11.3 Å². The minimum atomic E-state index is -0.339. The number of hydrogen-bond donors (Lipinski definition) is 1. The fourth-order valence-corrected chi connectivity index (χ4v) is 3.33. The third-order valence-corrected chi connectivity index (χ3v) is 4.84. The van der Waals surface area contributed by atoms with Crippen molar-refractivity contribution in [1.29, 1.82) is 0 Å². The van der Waals surface area contributed by atoms with Crippen LogP contribution in [0.5, 0.6) is 5.75 Å². The van der Waals surface area contributed by atoms with Gasteiger partial charge in [-0.3, -0.25) is 14.9 Å². The number of amides is 1. The molecule has 0 fully saturated rings. The summed E-state index contributed by atoms with van der Waals surface area (Å²) in [6.07, 6.45) is 0.0891. The number of nitrogens with one attached hydrogen (secondary N) is 1. The van der Waals surface area contributed by atoms with Gasteiger partial charge in [-0.2, -0.15) is 0 Å². The van der Waals surface area contributed by atoms with Gasteiger partial charge < -0.3 is 9.47 Å². The van der Waals surface area contributed by atoms with Gasteiger partial charge in [0.15, 0.2) is 11.7 Å². The third-order valence-electron chi connectivity index (χ3n) is 3.41. The first kappa shape index (κ1) is 20.4. The zero-order chi connectivity index (χ0) is 19.1. The van der Waals surface area contributed by atoms with Crippen molar-refractivity contribution in [2.75, 3.05) is 18.5 Å². The van der Waals surface area contributed by atoms with Crippen LogP contribution in [0.1, 0.15) is 37.9 Å². The lowest BCUT2D eigenvalue weighted by molar-refractivity contribution is -0.142. The van der Waals surface area contributed by atoms with Crippen LogP contribution in [-0.2, 0) is 20.7 Å². The van der Waals surface area contributed by atoms with Crippen molar-refractivity contribution in [3.05, 3.63) is 39.3 Å². The molecule has 2 rings (SSSR count). The number of hydrogen-bond acceptors (Lipinski definition) is 6. The maximum absolute atomic E-state index is 12.0. The molecule has 0 aliphatic rings. The predicted molar refractivity (Wildman–Crippen MR) is 105 cm³/mol. The highest BCUT2D eigenvalue weighted by molar-refractivity contribution is 9.10. The Balaban J connectivity index is 1.86. The molecule has 1 aromatic carbocycles. The minimum Gasteiger partial charge on any atom is -0.483 e. The average molecular weight is 441 g/mol. The van der Waals surface area contributed by atoms with Crippen LogP contribution in [0, 0.1) is 0 Å². The van der Waals surface area contributed by atoms with Crippen LogP contribution in [0.2, 0.25) is 0 Å². The number of carbonyl (C=O) groups excluding carboxylic acids is 2. The lowest BCUT2D eigenvalue weighted by atomic mass is 10.0. The van der Waals surface area contributed by atoms with Crippen molar-refractivity contribution < 1.29 is 19.1 Å².